The number of aromatic nitrogens is 2. The minimum atomic E-state index is -0.273. The van der Waals surface area contributed by atoms with E-state index in [0.29, 0.717) is 11.5 Å². The minimum Gasteiger partial charge on any atom is -0.462 e. The van der Waals surface area contributed by atoms with Gasteiger partial charge >= 0.3 is 5.97 Å². The monoisotopic (exact) mass is 321 g/mol. The van der Waals surface area contributed by atoms with Gasteiger partial charge < -0.3 is 9.64 Å². The molecule has 0 aliphatic heterocycles. The van der Waals surface area contributed by atoms with E-state index in [9.17, 15) is 4.79 Å². The van der Waals surface area contributed by atoms with Crippen molar-refractivity contribution in [3.05, 3.63) is 16.8 Å². The minimum absolute atomic E-state index is 0.273. The van der Waals surface area contributed by atoms with Gasteiger partial charge in [0.15, 0.2) is 0 Å². The molecule has 0 fully saturated rings. The quantitative estimate of drug-likeness (QED) is 0.726. The second-order valence-corrected chi connectivity index (χ2v) is 6.09. The van der Waals surface area contributed by atoms with Crippen LogP contribution in [0.5, 0.6) is 0 Å². The lowest BCUT2D eigenvalue weighted by molar-refractivity contribution is 0.0531. The van der Waals surface area contributed by atoms with E-state index in [1.165, 1.54) is 11.3 Å². The van der Waals surface area contributed by atoms with Crippen LogP contribution in [0.2, 0.25) is 0 Å². The van der Waals surface area contributed by atoms with E-state index in [0.717, 1.165) is 47.5 Å². The van der Waals surface area contributed by atoms with E-state index in [-0.39, 0.29) is 5.97 Å². The van der Waals surface area contributed by atoms with Crippen LogP contribution in [0.4, 0.5) is 5.82 Å². The molecule has 2 rings (SSSR count). The average Bonchev–Trinajstić information content (AvgIpc) is 2.86. The molecule has 0 radical (unpaired) electrons. The van der Waals surface area contributed by atoms with E-state index in [4.69, 9.17) is 4.74 Å². The third kappa shape index (κ3) is 3.21. The summed E-state index contributed by atoms with van der Waals surface area (Å²) in [5.41, 5.74) is 0.920. The predicted molar refractivity (Wildman–Crippen MR) is 90.9 cm³/mol. The molecular weight excluding hydrogens is 298 g/mol. The van der Waals surface area contributed by atoms with Gasteiger partial charge in [-0.2, -0.15) is 0 Å². The molecule has 0 atom stereocenters. The van der Waals surface area contributed by atoms with Crippen molar-refractivity contribution in [1.29, 1.82) is 0 Å². The van der Waals surface area contributed by atoms with Gasteiger partial charge in [-0.15, -0.1) is 11.3 Å². The highest BCUT2D eigenvalue weighted by atomic mass is 32.1. The molecular formula is C16H23N3O2S. The van der Waals surface area contributed by atoms with E-state index >= 15 is 0 Å². The number of ether oxygens (including phenoxy) is 1. The Bertz CT molecular complexity index is 654. The lowest BCUT2D eigenvalue weighted by Gasteiger charge is -2.22. The second-order valence-electron chi connectivity index (χ2n) is 5.09. The van der Waals surface area contributed by atoms with Gasteiger partial charge in [-0.3, -0.25) is 0 Å². The molecule has 120 valence electrons. The van der Waals surface area contributed by atoms with Gasteiger partial charge in [0.25, 0.3) is 0 Å². The third-order valence-corrected chi connectivity index (χ3v) is 4.81. The zero-order valence-electron chi connectivity index (χ0n) is 13.7. The molecule has 0 aliphatic rings. The fourth-order valence-electron chi connectivity index (χ4n) is 2.45. The Morgan fingerprint density at radius 2 is 2.09 bits per heavy atom. The first-order chi connectivity index (χ1) is 10.6. The van der Waals surface area contributed by atoms with Gasteiger partial charge in [0.05, 0.1) is 12.0 Å². The Kier molecular flexibility index (Phi) is 5.71. The molecule has 2 aromatic rings. The number of hydrogen-bond acceptors (Lipinski definition) is 6. The van der Waals surface area contributed by atoms with Crippen molar-refractivity contribution in [2.75, 3.05) is 24.6 Å². The topological polar surface area (TPSA) is 55.3 Å². The van der Waals surface area contributed by atoms with E-state index in [1.54, 1.807) is 6.33 Å². The maximum atomic E-state index is 12.1. The molecule has 0 aromatic carbocycles. The maximum Gasteiger partial charge on any atom is 0.348 e. The van der Waals surface area contributed by atoms with Crippen molar-refractivity contribution in [2.45, 2.75) is 40.5 Å². The van der Waals surface area contributed by atoms with Gasteiger partial charge in [0.2, 0.25) is 0 Å². The largest absolute Gasteiger partial charge is 0.462 e. The molecule has 22 heavy (non-hydrogen) atoms. The van der Waals surface area contributed by atoms with Crippen molar-refractivity contribution in [3.8, 4) is 0 Å². The Morgan fingerprint density at radius 3 is 2.73 bits per heavy atom. The summed E-state index contributed by atoms with van der Waals surface area (Å²) in [5.74, 6) is 0.649. The lowest BCUT2D eigenvalue weighted by atomic mass is 10.2. The number of hydrogen-bond donors (Lipinski definition) is 0. The first-order valence-electron chi connectivity index (χ1n) is 7.80. The first-order valence-corrected chi connectivity index (χ1v) is 8.61. The average molecular weight is 321 g/mol. The van der Waals surface area contributed by atoms with Crippen molar-refractivity contribution in [3.63, 3.8) is 0 Å². The van der Waals surface area contributed by atoms with Crippen LogP contribution >= 0.6 is 11.3 Å². The summed E-state index contributed by atoms with van der Waals surface area (Å²) in [5, 5.41) is 0.980. The summed E-state index contributed by atoms with van der Waals surface area (Å²) in [6.45, 7) is 10.3. The summed E-state index contributed by atoms with van der Waals surface area (Å²) in [7, 11) is 0. The molecule has 0 saturated heterocycles. The van der Waals surface area contributed by atoms with Crippen LogP contribution in [-0.4, -0.2) is 35.6 Å². The zero-order valence-corrected chi connectivity index (χ0v) is 14.5. The van der Waals surface area contributed by atoms with Crippen LogP contribution in [-0.2, 0) is 4.74 Å². The molecule has 6 heteroatoms. The van der Waals surface area contributed by atoms with Crippen molar-refractivity contribution in [2.24, 2.45) is 0 Å². The SMILES string of the molecule is CCCCN(CC)c1ncnc2sc(C(=O)OCC)c(C)c12. The van der Waals surface area contributed by atoms with Crippen molar-refractivity contribution >= 4 is 33.3 Å². The predicted octanol–water partition coefficient (Wildman–Crippen LogP) is 3.80. The Labute approximate surface area is 135 Å². The van der Waals surface area contributed by atoms with Gasteiger partial charge in [-0.25, -0.2) is 14.8 Å². The number of rotatable bonds is 7. The van der Waals surface area contributed by atoms with E-state index in [1.807, 2.05) is 13.8 Å². The van der Waals surface area contributed by atoms with E-state index in [2.05, 4.69) is 28.7 Å². The number of carbonyl (C=O) groups excluding carboxylic acids is 1. The molecule has 0 bridgehead atoms. The molecule has 0 saturated carbocycles. The standard InChI is InChI=1S/C16H23N3O2S/c1-5-8-9-19(6-2)14-12-11(4)13(16(20)21-7-3)22-15(12)18-10-17-14/h10H,5-9H2,1-4H3. The zero-order chi connectivity index (χ0) is 16.1. The Hall–Kier alpha value is -1.69. The van der Waals surface area contributed by atoms with Gasteiger partial charge in [-0.05, 0) is 32.8 Å². The smallest absolute Gasteiger partial charge is 0.348 e. The molecule has 0 spiro atoms. The number of carbonyl (C=O) groups is 1. The summed E-state index contributed by atoms with van der Waals surface area (Å²) >= 11 is 1.39. The Balaban J connectivity index is 2.49. The normalized spacial score (nSPS) is 10.9. The fraction of sp³-hybridized carbons (Fsp3) is 0.562. The third-order valence-electron chi connectivity index (χ3n) is 3.63. The molecule has 0 N–H and O–H groups in total. The van der Waals surface area contributed by atoms with Crippen LogP contribution in [0, 0.1) is 6.92 Å². The molecule has 2 aromatic heterocycles. The van der Waals surface area contributed by atoms with Crippen molar-refractivity contribution in [1.82, 2.24) is 9.97 Å². The number of unbranched alkanes of at least 4 members (excludes halogenated alkanes) is 1. The molecule has 2 heterocycles. The highest BCUT2D eigenvalue weighted by Gasteiger charge is 2.21. The molecule has 0 aliphatic carbocycles. The van der Waals surface area contributed by atoms with Gasteiger partial charge in [0, 0.05) is 13.1 Å². The second kappa shape index (κ2) is 7.54. The highest BCUT2D eigenvalue weighted by Crippen LogP contribution is 2.35. The van der Waals surface area contributed by atoms with E-state index < -0.39 is 0 Å². The van der Waals surface area contributed by atoms with Crippen LogP contribution < -0.4 is 4.90 Å². The summed E-state index contributed by atoms with van der Waals surface area (Å²) in [6, 6.07) is 0. The van der Waals surface area contributed by atoms with Crippen LogP contribution in [0.1, 0.15) is 48.8 Å². The molecule has 0 unspecified atom stereocenters. The van der Waals surface area contributed by atoms with Crippen LogP contribution in [0.25, 0.3) is 10.2 Å². The number of anilines is 1. The maximum absolute atomic E-state index is 12.1. The summed E-state index contributed by atoms with van der Waals surface area (Å²) in [6.07, 6.45) is 3.84. The molecule has 5 nitrogen and oxygen atoms in total. The number of aryl methyl sites for hydroxylation is 1. The lowest BCUT2D eigenvalue weighted by Crippen LogP contribution is -2.25. The van der Waals surface area contributed by atoms with Crippen molar-refractivity contribution < 1.29 is 9.53 Å². The van der Waals surface area contributed by atoms with Gasteiger partial charge in [-0.1, -0.05) is 13.3 Å². The Morgan fingerprint density at radius 1 is 1.32 bits per heavy atom. The highest BCUT2D eigenvalue weighted by molar-refractivity contribution is 7.20. The number of esters is 1. The number of thiophene rings is 1. The fourth-order valence-corrected chi connectivity index (χ4v) is 3.48. The van der Waals surface area contributed by atoms with Crippen LogP contribution in [0.3, 0.4) is 0 Å². The first kappa shape index (κ1) is 16.7. The summed E-state index contributed by atoms with van der Waals surface area (Å²) < 4.78 is 5.14. The number of fused-ring (bicyclic) bond motifs is 1. The molecule has 0 amide bonds. The van der Waals surface area contributed by atoms with Gasteiger partial charge in [0.1, 0.15) is 21.9 Å². The number of nitrogens with zero attached hydrogens (tertiary/aromatic N) is 3. The summed E-state index contributed by atoms with van der Waals surface area (Å²) in [4.78, 5) is 24.6. The van der Waals surface area contributed by atoms with Crippen LogP contribution in [0.15, 0.2) is 6.33 Å².